The molecule has 1 rings (SSSR count). The fourth-order valence-corrected chi connectivity index (χ4v) is 2.28. The standard InChI is InChI=1S/C12H15NO4S/c1-7(2)13(6-11(15)16)12(17)10-5-4-9(18-10)8(3)14/h4-5,7H,6H2,1-3H3,(H,15,16). The molecule has 0 aromatic carbocycles. The Morgan fingerprint density at radius 2 is 1.83 bits per heavy atom. The van der Waals surface area contributed by atoms with Crippen LogP contribution in [0.2, 0.25) is 0 Å². The first-order valence-electron chi connectivity index (χ1n) is 5.46. The normalized spacial score (nSPS) is 10.4. The Bertz CT molecular complexity index is 478. The van der Waals surface area contributed by atoms with Crippen LogP contribution in [0.3, 0.4) is 0 Å². The van der Waals surface area contributed by atoms with E-state index in [1.807, 2.05) is 0 Å². The van der Waals surface area contributed by atoms with Crippen LogP contribution in [0.1, 0.15) is 40.1 Å². The molecule has 1 amide bonds. The van der Waals surface area contributed by atoms with Crippen molar-refractivity contribution in [3.63, 3.8) is 0 Å². The van der Waals surface area contributed by atoms with Crippen LogP contribution in [0.5, 0.6) is 0 Å². The number of hydrogen-bond acceptors (Lipinski definition) is 4. The first kappa shape index (κ1) is 14.4. The Morgan fingerprint density at radius 1 is 1.28 bits per heavy atom. The number of carbonyl (C=O) groups is 3. The zero-order chi connectivity index (χ0) is 13.9. The monoisotopic (exact) mass is 269 g/mol. The summed E-state index contributed by atoms with van der Waals surface area (Å²) in [6.07, 6.45) is 0. The summed E-state index contributed by atoms with van der Waals surface area (Å²) < 4.78 is 0. The average Bonchev–Trinajstić information content (AvgIpc) is 2.73. The molecule has 1 aromatic rings. The van der Waals surface area contributed by atoms with Gasteiger partial charge in [-0.2, -0.15) is 0 Å². The van der Waals surface area contributed by atoms with Crippen LogP contribution in [-0.4, -0.2) is 40.3 Å². The fourth-order valence-electron chi connectivity index (χ4n) is 1.42. The zero-order valence-corrected chi connectivity index (χ0v) is 11.3. The minimum absolute atomic E-state index is 0.103. The van der Waals surface area contributed by atoms with Gasteiger partial charge in [0.2, 0.25) is 0 Å². The molecular formula is C12H15NO4S. The Morgan fingerprint density at radius 3 is 2.22 bits per heavy atom. The van der Waals surface area contributed by atoms with E-state index in [1.54, 1.807) is 26.0 Å². The smallest absolute Gasteiger partial charge is 0.323 e. The number of carboxylic acids is 1. The highest BCUT2D eigenvalue weighted by Crippen LogP contribution is 2.19. The van der Waals surface area contributed by atoms with Gasteiger partial charge in [-0.25, -0.2) is 0 Å². The number of carboxylic acid groups (broad SMARTS) is 1. The molecule has 1 N–H and O–H groups in total. The second kappa shape index (κ2) is 5.77. The molecule has 5 nitrogen and oxygen atoms in total. The highest BCUT2D eigenvalue weighted by atomic mass is 32.1. The summed E-state index contributed by atoms with van der Waals surface area (Å²) in [5.74, 6) is -1.52. The molecule has 18 heavy (non-hydrogen) atoms. The molecule has 0 atom stereocenters. The first-order valence-corrected chi connectivity index (χ1v) is 6.28. The van der Waals surface area contributed by atoms with Crippen molar-refractivity contribution in [1.29, 1.82) is 0 Å². The second-order valence-electron chi connectivity index (χ2n) is 4.14. The topological polar surface area (TPSA) is 74.7 Å². The van der Waals surface area contributed by atoms with E-state index in [0.29, 0.717) is 9.75 Å². The quantitative estimate of drug-likeness (QED) is 0.828. The van der Waals surface area contributed by atoms with Gasteiger partial charge < -0.3 is 10.0 Å². The third-order valence-electron chi connectivity index (χ3n) is 2.35. The van der Waals surface area contributed by atoms with Gasteiger partial charge in [0.05, 0.1) is 9.75 Å². The summed E-state index contributed by atoms with van der Waals surface area (Å²) in [6, 6.07) is 2.93. The van der Waals surface area contributed by atoms with E-state index in [2.05, 4.69) is 0 Å². The lowest BCUT2D eigenvalue weighted by Gasteiger charge is -2.24. The van der Waals surface area contributed by atoms with Gasteiger partial charge in [-0.15, -0.1) is 11.3 Å². The van der Waals surface area contributed by atoms with Crippen LogP contribution < -0.4 is 0 Å². The molecule has 0 saturated heterocycles. The molecule has 6 heteroatoms. The van der Waals surface area contributed by atoms with Crippen LogP contribution in [-0.2, 0) is 4.79 Å². The van der Waals surface area contributed by atoms with Gasteiger partial charge >= 0.3 is 5.97 Å². The summed E-state index contributed by atoms with van der Waals surface area (Å²) in [6.45, 7) is 4.59. The van der Waals surface area contributed by atoms with Crippen molar-refractivity contribution in [2.75, 3.05) is 6.54 Å². The van der Waals surface area contributed by atoms with E-state index >= 15 is 0 Å². The number of nitrogens with zero attached hydrogens (tertiary/aromatic N) is 1. The van der Waals surface area contributed by atoms with E-state index < -0.39 is 5.97 Å². The summed E-state index contributed by atoms with van der Waals surface area (Å²) in [4.78, 5) is 36.1. The van der Waals surface area contributed by atoms with E-state index in [0.717, 1.165) is 11.3 Å². The Hall–Kier alpha value is -1.69. The predicted molar refractivity (Wildman–Crippen MR) is 68.1 cm³/mol. The molecular weight excluding hydrogens is 254 g/mol. The van der Waals surface area contributed by atoms with Crippen molar-refractivity contribution in [2.24, 2.45) is 0 Å². The second-order valence-corrected chi connectivity index (χ2v) is 5.22. The summed E-state index contributed by atoms with van der Waals surface area (Å²) in [5, 5.41) is 8.78. The molecule has 1 heterocycles. The first-order chi connectivity index (χ1) is 8.32. The minimum Gasteiger partial charge on any atom is -0.480 e. The lowest BCUT2D eigenvalue weighted by molar-refractivity contribution is -0.138. The van der Waals surface area contributed by atoms with Gasteiger partial charge in [-0.1, -0.05) is 0 Å². The predicted octanol–water partition coefficient (Wildman–Crippen LogP) is 1.89. The largest absolute Gasteiger partial charge is 0.480 e. The highest BCUT2D eigenvalue weighted by molar-refractivity contribution is 7.15. The lowest BCUT2D eigenvalue weighted by atomic mass is 10.3. The van der Waals surface area contributed by atoms with E-state index in [1.165, 1.54) is 11.8 Å². The molecule has 0 fully saturated rings. The molecule has 98 valence electrons. The summed E-state index contributed by atoms with van der Waals surface area (Å²) >= 11 is 1.09. The molecule has 0 spiro atoms. The number of thiophene rings is 1. The lowest BCUT2D eigenvalue weighted by Crippen LogP contribution is -2.40. The van der Waals surface area contributed by atoms with Gasteiger partial charge in [0.1, 0.15) is 6.54 Å². The molecule has 0 unspecified atom stereocenters. The number of ketones is 1. The van der Waals surface area contributed by atoms with Gasteiger partial charge in [0.25, 0.3) is 5.91 Å². The van der Waals surface area contributed by atoms with Gasteiger partial charge in [0, 0.05) is 6.04 Å². The van der Waals surface area contributed by atoms with Crippen LogP contribution >= 0.6 is 11.3 Å². The third-order valence-corrected chi connectivity index (χ3v) is 3.53. The third kappa shape index (κ3) is 3.40. The molecule has 0 saturated carbocycles. The van der Waals surface area contributed by atoms with Crippen molar-refractivity contribution in [3.05, 3.63) is 21.9 Å². The van der Waals surface area contributed by atoms with Crippen molar-refractivity contribution in [3.8, 4) is 0 Å². The van der Waals surface area contributed by atoms with Gasteiger partial charge in [-0.05, 0) is 32.9 Å². The number of hydrogen-bond donors (Lipinski definition) is 1. The molecule has 0 aliphatic heterocycles. The number of Topliss-reactive ketones (excluding diaryl/α,β-unsaturated/α-hetero) is 1. The molecule has 0 aliphatic carbocycles. The number of amides is 1. The maximum Gasteiger partial charge on any atom is 0.323 e. The maximum absolute atomic E-state index is 12.1. The highest BCUT2D eigenvalue weighted by Gasteiger charge is 2.23. The van der Waals surface area contributed by atoms with E-state index in [9.17, 15) is 14.4 Å². The maximum atomic E-state index is 12.1. The SMILES string of the molecule is CC(=O)c1ccc(C(=O)N(CC(=O)O)C(C)C)s1. The molecule has 1 aromatic heterocycles. The van der Waals surface area contributed by atoms with Crippen LogP contribution in [0.4, 0.5) is 0 Å². The van der Waals surface area contributed by atoms with E-state index in [4.69, 9.17) is 5.11 Å². The van der Waals surface area contributed by atoms with Crippen LogP contribution in [0, 0.1) is 0 Å². The Labute approximate surface area is 109 Å². The summed E-state index contributed by atoms with van der Waals surface area (Å²) in [7, 11) is 0. The molecule has 0 bridgehead atoms. The van der Waals surface area contributed by atoms with Crippen molar-refractivity contribution in [2.45, 2.75) is 26.8 Å². The molecule has 0 aliphatic rings. The van der Waals surface area contributed by atoms with Crippen molar-refractivity contribution < 1.29 is 19.5 Å². The Kier molecular flexibility index (Phi) is 4.61. The minimum atomic E-state index is -1.06. The van der Waals surface area contributed by atoms with E-state index in [-0.39, 0.29) is 24.3 Å². The summed E-state index contributed by atoms with van der Waals surface area (Å²) in [5.41, 5.74) is 0. The van der Waals surface area contributed by atoms with Crippen LogP contribution in [0.25, 0.3) is 0 Å². The van der Waals surface area contributed by atoms with Gasteiger partial charge in [0.15, 0.2) is 5.78 Å². The zero-order valence-electron chi connectivity index (χ0n) is 10.5. The van der Waals surface area contributed by atoms with Crippen LogP contribution in [0.15, 0.2) is 12.1 Å². The molecule has 0 radical (unpaired) electrons. The van der Waals surface area contributed by atoms with Crippen molar-refractivity contribution in [1.82, 2.24) is 4.90 Å². The number of rotatable bonds is 5. The van der Waals surface area contributed by atoms with Crippen molar-refractivity contribution >= 4 is 29.0 Å². The Balaban J connectivity index is 2.94. The van der Waals surface area contributed by atoms with Gasteiger partial charge in [-0.3, -0.25) is 14.4 Å². The number of aliphatic carboxylic acids is 1. The fraction of sp³-hybridized carbons (Fsp3) is 0.417. The number of carbonyl (C=O) groups excluding carboxylic acids is 2. The average molecular weight is 269 g/mol.